The second-order valence-corrected chi connectivity index (χ2v) is 8.80. The fraction of sp³-hybridized carbons (Fsp3) is 0.160. The summed E-state index contributed by atoms with van der Waals surface area (Å²) < 4.78 is 181. The Labute approximate surface area is 246 Å². The zero-order chi connectivity index (χ0) is 34.9. The van der Waals surface area contributed by atoms with Crippen molar-refractivity contribution in [1.29, 1.82) is 0 Å². The lowest BCUT2D eigenvalue weighted by molar-refractivity contribution is 0.00525. The Morgan fingerprint density at radius 3 is 0.739 bits per heavy atom. The number of carbonyl (C=O) groups excluding carboxylic acids is 3. The Hall–Kier alpha value is -5.37. The van der Waals surface area contributed by atoms with Crippen molar-refractivity contribution in [2.24, 2.45) is 5.92 Å². The highest BCUT2D eigenvalue weighted by molar-refractivity contribution is 5.92. The fourth-order valence-corrected chi connectivity index (χ4v) is 3.43. The van der Waals surface area contributed by atoms with E-state index in [1.165, 1.54) is 0 Å². The average molecular weight is 679 g/mol. The first-order chi connectivity index (χ1) is 21.3. The van der Waals surface area contributed by atoms with E-state index in [-0.39, 0.29) is 0 Å². The Kier molecular flexibility index (Phi) is 10.2. The van der Waals surface area contributed by atoms with Gasteiger partial charge in [-0.05, 0) is 0 Å². The molecule has 6 N–H and O–H groups in total. The summed E-state index contributed by atoms with van der Waals surface area (Å²) >= 11 is 0. The number of ether oxygens (including phenoxy) is 3. The molecule has 0 saturated heterocycles. The van der Waals surface area contributed by atoms with E-state index in [0.717, 1.165) is 0 Å². The van der Waals surface area contributed by atoms with Crippen molar-refractivity contribution in [2.75, 3.05) is 37.0 Å². The van der Waals surface area contributed by atoms with Gasteiger partial charge in [0.25, 0.3) is 0 Å². The molecule has 0 spiro atoms. The minimum absolute atomic E-state index is 1.41. The number of carbonyl (C=O) groups is 3. The molecule has 0 saturated carbocycles. The Morgan fingerprint density at radius 1 is 0.391 bits per heavy atom. The van der Waals surface area contributed by atoms with Gasteiger partial charge in [0.05, 0.1) is 5.92 Å². The van der Waals surface area contributed by atoms with Gasteiger partial charge in [0.2, 0.25) is 0 Å². The molecule has 0 aliphatic rings. The molecule has 0 aliphatic carbocycles. The van der Waals surface area contributed by atoms with Crippen molar-refractivity contribution in [3.8, 4) is 0 Å². The van der Waals surface area contributed by atoms with E-state index in [1.54, 1.807) is 0 Å². The lowest BCUT2D eigenvalue weighted by Gasteiger charge is -2.19. The van der Waals surface area contributed by atoms with Crippen LogP contribution in [0.15, 0.2) is 0 Å². The van der Waals surface area contributed by atoms with E-state index in [2.05, 4.69) is 14.2 Å². The second-order valence-electron chi connectivity index (χ2n) is 8.80. The van der Waals surface area contributed by atoms with Crippen LogP contribution in [0.5, 0.6) is 0 Å². The van der Waals surface area contributed by atoms with Crippen molar-refractivity contribution < 1.29 is 81.3 Å². The largest absolute Gasteiger partial charge is 0.461 e. The molecule has 0 amide bonds. The van der Waals surface area contributed by atoms with E-state index in [1.807, 2.05) is 0 Å². The second kappa shape index (κ2) is 13.3. The highest BCUT2D eigenvalue weighted by Crippen LogP contribution is 2.29. The molecule has 0 fully saturated rings. The molecule has 0 heterocycles. The molecular weight excluding hydrogens is 666 g/mol. The van der Waals surface area contributed by atoms with E-state index in [0.29, 0.717) is 0 Å². The van der Waals surface area contributed by atoms with Crippen LogP contribution in [0, 0.1) is 75.7 Å². The van der Waals surface area contributed by atoms with Crippen LogP contribution < -0.4 is 17.2 Å². The van der Waals surface area contributed by atoms with Gasteiger partial charge in [-0.15, -0.1) is 0 Å². The third-order valence-corrected chi connectivity index (χ3v) is 5.85. The van der Waals surface area contributed by atoms with Crippen molar-refractivity contribution >= 4 is 35.0 Å². The Morgan fingerprint density at radius 2 is 0.565 bits per heavy atom. The quantitative estimate of drug-likeness (QED) is 0.0968. The van der Waals surface area contributed by atoms with Crippen molar-refractivity contribution in [3.63, 3.8) is 0 Å². The van der Waals surface area contributed by atoms with Gasteiger partial charge in [-0.1, -0.05) is 0 Å². The van der Waals surface area contributed by atoms with E-state index in [4.69, 9.17) is 17.2 Å². The van der Waals surface area contributed by atoms with Crippen LogP contribution in [0.3, 0.4) is 0 Å². The van der Waals surface area contributed by atoms with Crippen LogP contribution in [-0.2, 0) is 14.2 Å². The van der Waals surface area contributed by atoms with E-state index >= 15 is 0 Å². The molecule has 46 heavy (non-hydrogen) atoms. The van der Waals surface area contributed by atoms with Gasteiger partial charge in [-0.25, -0.2) is 67.1 Å². The molecule has 0 aromatic heterocycles. The summed E-state index contributed by atoms with van der Waals surface area (Å²) in [6, 6.07) is 0. The number of benzene rings is 3. The highest BCUT2D eigenvalue weighted by atomic mass is 19.2. The molecule has 248 valence electrons. The smallest absolute Gasteiger partial charge is 0.344 e. The summed E-state index contributed by atoms with van der Waals surface area (Å²) in [5.41, 5.74) is 3.38. The van der Waals surface area contributed by atoms with Crippen molar-refractivity contribution in [3.05, 3.63) is 86.5 Å². The van der Waals surface area contributed by atoms with E-state index < -0.39 is 147 Å². The maximum atomic E-state index is 14.1. The number of halogens is 12. The van der Waals surface area contributed by atoms with Gasteiger partial charge >= 0.3 is 17.9 Å². The third-order valence-electron chi connectivity index (χ3n) is 5.85. The van der Waals surface area contributed by atoms with Gasteiger partial charge in [0.1, 0.15) is 53.6 Å². The molecule has 0 atom stereocenters. The van der Waals surface area contributed by atoms with Crippen molar-refractivity contribution in [2.45, 2.75) is 0 Å². The molecular formula is C25H13F12N3O6. The Bertz CT molecular complexity index is 1500. The number of esters is 3. The fourth-order valence-electron chi connectivity index (χ4n) is 3.43. The summed E-state index contributed by atoms with van der Waals surface area (Å²) in [5.74, 6) is -36.1. The molecule has 21 heteroatoms. The van der Waals surface area contributed by atoms with Crippen LogP contribution in [0.4, 0.5) is 69.7 Å². The Balaban J connectivity index is 1.90. The minimum Gasteiger partial charge on any atom is -0.461 e. The topological polar surface area (TPSA) is 157 Å². The first-order valence-electron chi connectivity index (χ1n) is 11.7. The first kappa shape index (κ1) is 35.1. The minimum atomic E-state index is -2.35. The molecule has 9 nitrogen and oxygen atoms in total. The van der Waals surface area contributed by atoms with Gasteiger partial charge < -0.3 is 31.4 Å². The van der Waals surface area contributed by atoms with Gasteiger partial charge in [0.15, 0.2) is 69.8 Å². The summed E-state index contributed by atoms with van der Waals surface area (Å²) in [6.07, 6.45) is 0. The zero-order valence-electron chi connectivity index (χ0n) is 21.9. The van der Waals surface area contributed by atoms with Gasteiger partial charge in [0, 0.05) is 0 Å². The summed E-state index contributed by atoms with van der Waals surface area (Å²) in [5, 5.41) is 0. The third kappa shape index (κ3) is 6.24. The number of hydrogen-bond acceptors (Lipinski definition) is 9. The maximum absolute atomic E-state index is 14.1. The molecule has 0 bridgehead atoms. The lowest BCUT2D eigenvalue weighted by atomic mass is 10.1. The van der Waals surface area contributed by atoms with Crippen LogP contribution in [0.2, 0.25) is 0 Å². The monoisotopic (exact) mass is 679 g/mol. The summed E-state index contributed by atoms with van der Waals surface area (Å²) in [6.45, 7) is -4.22. The lowest BCUT2D eigenvalue weighted by Crippen LogP contribution is -2.28. The highest BCUT2D eigenvalue weighted by Gasteiger charge is 2.33. The molecule has 3 aromatic rings. The van der Waals surface area contributed by atoms with Crippen LogP contribution in [0.1, 0.15) is 31.1 Å². The van der Waals surface area contributed by atoms with Gasteiger partial charge in [-0.3, -0.25) is 0 Å². The zero-order valence-corrected chi connectivity index (χ0v) is 21.9. The summed E-state index contributed by atoms with van der Waals surface area (Å²) in [7, 11) is 0. The number of nitrogens with two attached hydrogens (primary N) is 3. The number of nitrogen functional groups attached to an aromatic ring is 3. The van der Waals surface area contributed by atoms with Crippen LogP contribution in [-0.4, -0.2) is 37.7 Å². The first-order valence-corrected chi connectivity index (χ1v) is 11.7. The summed E-state index contributed by atoms with van der Waals surface area (Å²) in [4.78, 5) is 36.7. The van der Waals surface area contributed by atoms with Crippen LogP contribution in [0.25, 0.3) is 0 Å². The SMILES string of the molecule is Nc1c(F)c(F)c(C(=O)OCC(COC(=O)c2c(F)c(F)c(N)c(F)c2F)COC(=O)c2c(F)c(F)c(N)c(F)c2F)c(F)c1F. The number of anilines is 3. The van der Waals surface area contributed by atoms with Crippen molar-refractivity contribution in [1.82, 2.24) is 0 Å². The standard InChI is InChI=1S/C25H13F12N3O6/c26-8-5(9(27)15(33)20(38)14(8)32)23(41)44-1-4(2-45-24(42)6-10(28)16(34)21(39)17(35)11(6)29)3-46-25(43)7-12(30)18(36)22(40)19(37)13(7)31/h4H,1-3,38-40H2. The molecule has 3 rings (SSSR count). The maximum Gasteiger partial charge on any atom is 0.344 e. The van der Waals surface area contributed by atoms with Crippen LogP contribution >= 0.6 is 0 Å². The van der Waals surface area contributed by atoms with Gasteiger partial charge in [-0.2, -0.15) is 0 Å². The molecule has 0 unspecified atom stereocenters. The average Bonchev–Trinajstić information content (AvgIpc) is 3.02. The van der Waals surface area contributed by atoms with E-state index in [9.17, 15) is 67.1 Å². The number of rotatable bonds is 9. The predicted molar refractivity (Wildman–Crippen MR) is 126 cm³/mol. The number of hydrogen-bond donors (Lipinski definition) is 3. The molecule has 0 radical (unpaired) electrons. The predicted octanol–water partition coefficient (Wildman–Crippen LogP) is 4.59. The molecule has 0 aliphatic heterocycles. The normalized spacial score (nSPS) is 11.2. The molecule has 3 aromatic carbocycles.